The van der Waals surface area contributed by atoms with E-state index in [4.69, 9.17) is 23.2 Å². The second kappa shape index (κ2) is 5.63. The molecule has 0 saturated heterocycles. The van der Waals surface area contributed by atoms with Gasteiger partial charge in [0.05, 0.1) is 0 Å². The molecule has 0 spiro atoms. The van der Waals surface area contributed by atoms with Crippen LogP contribution in [-0.2, 0) is 4.79 Å². The first-order chi connectivity index (χ1) is 8.88. The first-order valence-corrected chi connectivity index (χ1v) is 7.15. The lowest BCUT2D eigenvalue weighted by atomic mass is 9.68. The van der Waals surface area contributed by atoms with Crippen LogP contribution in [0.2, 0.25) is 10.4 Å². The average molecular weight is 302 g/mol. The molecule has 6 heteroatoms. The molecule has 2 rings (SSSR count). The van der Waals surface area contributed by atoms with Crippen LogP contribution in [0, 0.1) is 11.3 Å². The van der Waals surface area contributed by atoms with Crippen molar-refractivity contribution in [2.45, 2.75) is 39.5 Å². The van der Waals surface area contributed by atoms with E-state index in [2.05, 4.69) is 29.1 Å². The van der Waals surface area contributed by atoms with Crippen LogP contribution in [0.15, 0.2) is 6.07 Å². The van der Waals surface area contributed by atoms with Gasteiger partial charge in [-0.05, 0) is 29.9 Å². The maximum atomic E-state index is 12.3. The predicted molar refractivity (Wildman–Crippen MR) is 76.4 cm³/mol. The maximum absolute atomic E-state index is 12.3. The number of aromatic nitrogens is 2. The highest BCUT2D eigenvalue weighted by Crippen LogP contribution is 2.41. The number of carbonyl (C=O) groups is 1. The zero-order valence-electron chi connectivity index (χ0n) is 11.0. The molecule has 0 aromatic carbocycles. The Morgan fingerprint density at radius 1 is 1.37 bits per heavy atom. The van der Waals surface area contributed by atoms with E-state index >= 15 is 0 Å². The lowest BCUT2D eigenvalue weighted by Gasteiger charge is -2.37. The van der Waals surface area contributed by atoms with Gasteiger partial charge in [0, 0.05) is 12.0 Å². The molecule has 1 heterocycles. The summed E-state index contributed by atoms with van der Waals surface area (Å²) in [5, 5.41) is 3.04. The summed E-state index contributed by atoms with van der Waals surface area (Å²) >= 11 is 11.5. The Bertz CT molecular complexity index is 471. The highest BCUT2D eigenvalue weighted by atomic mass is 35.5. The van der Waals surface area contributed by atoms with E-state index in [0.29, 0.717) is 5.82 Å². The number of anilines is 1. The molecule has 1 unspecified atom stereocenters. The van der Waals surface area contributed by atoms with Gasteiger partial charge in [0.2, 0.25) is 11.2 Å². The van der Waals surface area contributed by atoms with Crippen LogP contribution in [0.3, 0.4) is 0 Å². The van der Waals surface area contributed by atoms with Crippen molar-refractivity contribution >= 4 is 34.9 Å². The minimum absolute atomic E-state index is 0.00577. The Morgan fingerprint density at radius 2 is 2.11 bits per heavy atom. The van der Waals surface area contributed by atoms with Gasteiger partial charge in [0.15, 0.2) is 0 Å². The van der Waals surface area contributed by atoms with Crippen LogP contribution < -0.4 is 5.32 Å². The largest absolute Gasteiger partial charge is 0.310 e. The number of rotatable bonds is 2. The monoisotopic (exact) mass is 301 g/mol. The summed E-state index contributed by atoms with van der Waals surface area (Å²) in [6.45, 7) is 4.27. The summed E-state index contributed by atoms with van der Waals surface area (Å²) in [6, 6.07) is 1.50. The Balaban J connectivity index is 2.12. The smallest absolute Gasteiger partial charge is 0.229 e. The van der Waals surface area contributed by atoms with Gasteiger partial charge in [0.25, 0.3) is 0 Å². The zero-order valence-corrected chi connectivity index (χ0v) is 12.6. The van der Waals surface area contributed by atoms with Crippen molar-refractivity contribution in [2.24, 2.45) is 11.3 Å². The van der Waals surface area contributed by atoms with Crippen molar-refractivity contribution in [1.29, 1.82) is 0 Å². The standard InChI is InChI=1S/C13H17Cl2N3O/c1-13(2)6-4-3-5-8(13)11(19)17-10-7-9(14)16-12(15)18-10/h7-8H,3-6H2,1-2H3,(H,16,17,18,19). The molecule has 1 atom stereocenters. The van der Waals surface area contributed by atoms with E-state index in [1.54, 1.807) is 0 Å². The number of hydrogen-bond donors (Lipinski definition) is 1. The molecule has 1 saturated carbocycles. The van der Waals surface area contributed by atoms with Crippen molar-refractivity contribution in [2.75, 3.05) is 5.32 Å². The Hall–Kier alpha value is -0.870. The number of nitrogens with zero attached hydrogens (tertiary/aromatic N) is 2. The molecule has 1 aromatic rings. The van der Waals surface area contributed by atoms with Crippen molar-refractivity contribution in [3.63, 3.8) is 0 Å². The molecular formula is C13H17Cl2N3O. The van der Waals surface area contributed by atoms with E-state index in [-0.39, 0.29) is 27.7 Å². The van der Waals surface area contributed by atoms with Crippen molar-refractivity contribution < 1.29 is 4.79 Å². The van der Waals surface area contributed by atoms with Gasteiger partial charge in [-0.2, -0.15) is 0 Å². The van der Waals surface area contributed by atoms with Crippen LogP contribution in [0.25, 0.3) is 0 Å². The molecule has 0 bridgehead atoms. The molecule has 0 radical (unpaired) electrons. The van der Waals surface area contributed by atoms with Gasteiger partial charge >= 0.3 is 0 Å². The lowest BCUT2D eigenvalue weighted by molar-refractivity contribution is -0.124. The minimum atomic E-state index is -0.0180. The summed E-state index contributed by atoms with van der Waals surface area (Å²) in [4.78, 5) is 20.1. The molecule has 104 valence electrons. The molecule has 0 aliphatic heterocycles. The normalized spacial score (nSPS) is 22.0. The fourth-order valence-electron chi connectivity index (χ4n) is 2.65. The SMILES string of the molecule is CC1(C)CCCCC1C(=O)Nc1cc(Cl)nc(Cl)n1. The molecule has 1 fully saturated rings. The van der Waals surface area contributed by atoms with E-state index < -0.39 is 0 Å². The molecular weight excluding hydrogens is 285 g/mol. The third kappa shape index (κ3) is 3.57. The number of nitrogens with one attached hydrogen (secondary N) is 1. The Kier molecular flexibility index (Phi) is 4.31. The van der Waals surface area contributed by atoms with Crippen LogP contribution >= 0.6 is 23.2 Å². The fourth-order valence-corrected chi connectivity index (χ4v) is 3.06. The van der Waals surface area contributed by atoms with Gasteiger partial charge in [-0.25, -0.2) is 9.97 Å². The van der Waals surface area contributed by atoms with Gasteiger partial charge in [-0.15, -0.1) is 0 Å². The second-order valence-electron chi connectivity index (χ2n) is 5.62. The average Bonchev–Trinajstić information content (AvgIpc) is 2.26. The fraction of sp³-hybridized carbons (Fsp3) is 0.615. The van der Waals surface area contributed by atoms with Crippen molar-refractivity contribution in [3.05, 3.63) is 16.5 Å². The summed E-state index contributed by atoms with van der Waals surface area (Å²) in [6.07, 6.45) is 4.25. The predicted octanol–water partition coefficient (Wildman–Crippen LogP) is 3.94. The topological polar surface area (TPSA) is 54.9 Å². The highest BCUT2D eigenvalue weighted by Gasteiger charge is 2.37. The molecule has 1 N–H and O–H groups in total. The second-order valence-corrected chi connectivity index (χ2v) is 6.35. The molecule has 19 heavy (non-hydrogen) atoms. The Morgan fingerprint density at radius 3 is 2.74 bits per heavy atom. The van der Waals surface area contributed by atoms with Crippen molar-refractivity contribution in [1.82, 2.24) is 9.97 Å². The van der Waals surface area contributed by atoms with Gasteiger partial charge in [-0.3, -0.25) is 4.79 Å². The quantitative estimate of drug-likeness (QED) is 0.665. The van der Waals surface area contributed by atoms with Crippen LogP contribution in [-0.4, -0.2) is 15.9 Å². The van der Waals surface area contributed by atoms with Gasteiger partial charge < -0.3 is 5.32 Å². The van der Waals surface area contributed by atoms with E-state index in [1.165, 1.54) is 12.5 Å². The molecule has 1 aliphatic carbocycles. The summed E-state index contributed by atoms with van der Waals surface area (Å²) in [5.41, 5.74) is 0.0168. The first-order valence-electron chi connectivity index (χ1n) is 6.39. The van der Waals surface area contributed by atoms with Crippen molar-refractivity contribution in [3.8, 4) is 0 Å². The third-order valence-electron chi connectivity index (χ3n) is 3.74. The number of amides is 1. The first kappa shape index (κ1) is 14.5. The van der Waals surface area contributed by atoms with Crippen LogP contribution in [0.5, 0.6) is 0 Å². The molecule has 1 aromatic heterocycles. The maximum Gasteiger partial charge on any atom is 0.229 e. The number of hydrogen-bond acceptors (Lipinski definition) is 3. The van der Waals surface area contributed by atoms with E-state index in [0.717, 1.165) is 19.3 Å². The summed E-state index contributed by atoms with van der Waals surface area (Å²) in [5.74, 6) is 0.334. The van der Waals surface area contributed by atoms with Gasteiger partial charge in [0.1, 0.15) is 11.0 Å². The lowest BCUT2D eigenvalue weighted by Crippen LogP contribution is -2.37. The Labute approximate surface area is 122 Å². The molecule has 1 amide bonds. The van der Waals surface area contributed by atoms with Crippen LogP contribution in [0.4, 0.5) is 5.82 Å². The number of halogens is 2. The third-order valence-corrected chi connectivity index (χ3v) is 4.11. The van der Waals surface area contributed by atoms with Gasteiger partial charge in [-0.1, -0.05) is 38.3 Å². The number of carbonyl (C=O) groups excluding carboxylic acids is 1. The van der Waals surface area contributed by atoms with E-state index in [1.807, 2.05) is 0 Å². The molecule has 1 aliphatic rings. The molecule has 4 nitrogen and oxygen atoms in total. The minimum Gasteiger partial charge on any atom is -0.310 e. The zero-order chi connectivity index (χ0) is 14.0. The summed E-state index contributed by atoms with van der Waals surface area (Å²) < 4.78 is 0. The van der Waals surface area contributed by atoms with E-state index in [9.17, 15) is 4.79 Å². The van der Waals surface area contributed by atoms with Crippen LogP contribution in [0.1, 0.15) is 39.5 Å². The highest BCUT2D eigenvalue weighted by molar-refractivity contribution is 6.32. The summed E-state index contributed by atoms with van der Waals surface area (Å²) in [7, 11) is 0.